The van der Waals surface area contributed by atoms with Crippen LogP contribution in [0.2, 0.25) is 0 Å². The fourth-order valence-corrected chi connectivity index (χ4v) is 3.73. The fraction of sp³-hybridized carbons (Fsp3) is 0.750. The van der Waals surface area contributed by atoms with E-state index in [0.29, 0.717) is 17.9 Å². The minimum absolute atomic E-state index is 0.462. The summed E-state index contributed by atoms with van der Waals surface area (Å²) in [5.41, 5.74) is 1.17. The Balaban J connectivity index is 2.02. The van der Waals surface area contributed by atoms with Crippen LogP contribution in [0, 0.1) is 5.92 Å². The van der Waals surface area contributed by atoms with Gasteiger partial charge < -0.3 is 10.6 Å². The van der Waals surface area contributed by atoms with E-state index in [1.54, 1.807) is 0 Å². The summed E-state index contributed by atoms with van der Waals surface area (Å²) in [6, 6.07) is 0.566. The number of halogens is 1. The molecule has 2 atom stereocenters. The number of nitrogens with one attached hydrogen (secondary N) is 2. The molecule has 4 nitrogen and oxygen atoms in total. The first-order valence-electron chi connectivity index (χ1n) is 6.41. The van der Waals surface area contributed by atoms with Crippen molar-refractivity contribution in [3.63, 3.8) is 0 Å². The van der Waals surface area contributed by atoms with Gasteiger partial charge in [-0.25, -0.2) is 4.68 Å². The molecule has 17 heavy (non-hydrogen) atoms. The van der Waals surface area contributed by atoms with Crippen molar-refractivity contribution in [2.75, 3.05) is 25.0 Å². The van der Waals surface area contributed by atoms with Crippen molar-refractivity contribution in [3.05, 3.63) is 10.2 Å². The summed E-state index contributed by atoms with van der Waals surface area (Å²) in [7, 11) is 0. The number of piperidine rings is 1. The maximum absolute atomic E-state index is 4.81. The first-order valence-corrected chi connectivity index (χ1v) is 7.20. The summed E-state index contributed by atoms with van der Waals surface area (Å²) in [6.07, 6.45) is 1.19. The third-order valence-electron chi connectivity index (χ3n) is 3.84. The number of fused-ring (bicyclic) bond motifs is 3. The minimum Gasteiger partial charge on any atom is -0.369 e. The second kappa shape index (κ2) is 4.28. The third kappa shape index (κ3) is 1.80. The summed E-state index contributed by atoms with van der Waals surface area (Å²) < 4.78 is 3.37. The molecule has 1 saturated heterocycles. The Kier molecular flexibility index (Phi) is 2.91. The van der Waals surface area contributed by atoms with Crippen molar-refractivity contribution < 1.29 is 0 Å². The molecule has 2 aliphatic rings. The highest BCUT2D eigenvalue weighted by Gasteiger charge is 2.34. The molecule has 94 valence electrons. The molecule has 2 N–H and O–H groups in total. The molecule has 5 heteroatoms. The van der Waals surface area contributed by atoms with Crippen molar-refractivity contribution in [1.82, 2.24) is 15.1 Å². The maximum Gasteiger partial charge on any atom is 0.139 e. The number of hydrogen-bond donors (Lipinski definition) is 2. The van der Waals surface area contributed by atoms with E-state index in [0.717, 1.165) is 24.1 Å². The molecule has 2 aliphatic heterocycles. The molecule has 0 aromatic carbocycles. The predicted octanol–water partition coefficient (Wildman–Crippen LogP) is 2.35. The second-order valence-electron chi connectivity index (χ2n) is 5.35. The van der Waals surface area contributed by atoms with Crippen molar-refractivity contribution in [1.29, 1.82) is 0 Å². The normalized spacial score (nSPS) is 27.5. The zero-order valence-electron chi connectivity index (χ0n) is 10.3. The van der Waals surface area contributed by atoms with E-state index in [2.05, 4.69) is 45.1 Å². The van der Waals surface area contributed by atoms with Crippen LogP contribution < -0.4 is 10.6 Å². The molecule has 0 aliphatic carbocycles. The molecule has 0 saturated carbocycles. The Morgan fingerprint density at radius 1 is 1.41 bits per heavy atom. The van der Waals surface area contributed by atoms with Crippen LogP contribution >= 0.6 is 15.9 Å². The first-order chi connectivity index (χ1) is 8.18. The van der Waals surface area contributed by atoms with Crippen LogP contribution in [0.4, 0.5) is 5.82 Å². The second-order valence-corrected chi connectivity index (χ2v) is 6.14. The largest absolute Gasteiger partial charge is 0.369 e. The predicted molar refractivity (Wildman–Crippen MR) is 72.5 cm³/mol. The van der Waals surface area contributed by atoms with Crippen molar-refractivity contribution in [2.24, 2.45) is 5.92 Å². The van der Waals surface area contributed by atoms with Gasteiger partial charge in [-0.15, -0.1) is 0 Å². The summed E-state index contributed by atoms with van der Waals surface area (Å²) in [6.45, 7) is 7.65. The molecule has 0 spiro atoms. The Hall–Kier alpha value is -0.550. The zero-order valence-corrected chi connectivity index (χ0v) is 11.9. The molecule has 0 radical (unpaired) electrons. The third-order valence-corrected chi connectivity index (χ3v) is 4.62. The van der Waals surface area contributed by atoms with Crippen LogP contribution in [-0.4, -0.2) is 29.4 Å². The van der Waals surface area contributed by atoms with Crippen LogP contribution in [0.15, 0.2) is 4.47 Å². The molecule has 1 fully saturated rings. The standard InChI is InChI=1S/C12H19BrN4/c1-7(2)11-10(13)12-15-6-8-5-14-4-3-9(8)17(12)16-11/h7-9,14-15H,3-6H2,1-2H3. The van der Waals surface area contributed by atoms with Gasteiger partial charge in [0, 0.05) is 19.0 Å². The van der Waals surface area contributed by atoms with E-state index < -0.39 is 0 Å². The average molecular weight is 299 g/mol. The number of aromatic nitrogens is 2. The number of hydrogen-bond acceptors (Lipinski definition) is 3. The van der Waals surface area contributed by atoms with Crippen LogP contribution in [-0.2, 0) is 0 Å². The van der Waals surface area contributed by atoms with Crippen molar-refractivity contribution >= 4 is 21.7 Å². The van der Waals surface area contributed by atoms with Gasteiger partial charge in [-0.2, -0.15) is 5.10 Å². The summed E-state index contributed by atoms with van der Waals surface area (Å²) in [5.74, 6) is 2.31. The van der Waals surface area contributed by atoms with Gasteiger partial charge in [0.25, 0.3) is 0 Å². The molecular formula is C12H19BrN4. The first kappa shape index (κ1) is 11.5. The summed E-state index contributed by atoms with van der Waals surface area (Å²) >= 11 is 3.69. The summed E-state index contributed by atoms with van der Waals surface area (Å²) in [5, 5.41) is 11.8. The molecule has 3 heterocycles. The van der Waals surface area contributed by atoms with Gasteiger partial charge >= 0.3 is 0 Å². The molecule has 2 unspecified atom stereocenters. The van der Waals surface area contributed by atoms with Gasteiger partial charge in [0.1, 0.15) is 5.82 Å². The van der Waals surface area contributed by atoms with E-state index in [-0.39, 0.29) is 0 Å². The molecule has 1 aromatic rings. The lowest BCUT2D eigenvalue weighted by Gasteiger charge is -2.37. The Labute approximate surface area is 110 Å². The Bertz CT molecular complexity index is 426. The molecule has 0 bridgehead atoms. The van der Waals surface area contributed by atoms with Crippen LogP contribution in [0.3, 0.4) is 0 Å². The molecule has 3 rings (SSSR count). The average Bonchev–Trinajstić information content (AvgIpc) is 2.67. The van der Waals surface area contributed by atoms with Crippen LogP contribution in [0.5, 0.6) is 0 Å². The van der Waals surface area contributed by atoms with Crippen LogP contribution in [0.1, 0.15) is 37.9 Å². The zero-order chi connectivity index (χ0) is 12.0. The highest BCUT2D eigenvalue weighted by molar-refractivity contribution is 9.10. The van der Waals surface area contributed by atoms with E-state index in [1.165, 1.54) is 17.9 Å². The van der Waals surface area contributed by atoms with Gasteiger partial charge in [0.05, 0.1) is 16.2 Å². The topological polar surface area (TPSA) is 41.9 Å². The van der Waals surface area contributed by atoms with E-state index in [9.17, 15) is 0 Å². The highest BCUT2D eigenvalue weighted by Crippen LogP contribution is 2.39. The Morgan fingerprint density at radius 3 is 3.00 bits per heavy atom. The molecule has 0 amide bonds. The lowest BCUT2D eigenvalue weighted by molar-refractivity contribution is 0.236. The number of rotatable bonds is 1. The smallest absolute Gasteiger partial charge is 0.139 e. The lowest BCUT2D eigenvalue weighted by Crippen LogP contribution is -2.44. The quantitative estimate of drug-likeness (QED) is 0.836. The SMILES string of the molecule is CC(C)c1nn2c(c1Br)NCC1CNCCC12. The van der Waals surface area contributed by atoms with Crippen molar-refractivity contribution in [2.45, 2.75) is 32.2 Å². The van der Waals surface area contributed by atoms with Gasteiger partial charge in [0.2, 0.25) is 0 Å². The van der Waals surface area contributed by atoms with Gasteiger partial charge in [0.15, 0.2) is 0 Å². The highest BCUT2D eigenvalue weighted by atomic mass is 79.9. The van der Waals surface area contributed by atoms with E-state index >= 15 is 0 Å². The molecular weight excluding hydrogens is 280 g/mol. The van der Waals surface area contributed by atoms with Gasteiger partial charge in [-0.3, -0.25) is 0 Å². The fourth-order valence-electron chi connectivity index (χ4n) is 2.87. The van der Waals surface area contributed by atoms with Gasteiger partial charge in [-0.05, 0) is 34.8 Å². The van der Waals surface area contributed by atoms with E-state index in [4.69, 9.17) is 5.10 Å². The monoisotopic (exact) mass is 298 g/mol. The minimum atomic E-state index is 0.462. The number of anilines is 1. The maximum atomic E-state index is 4.81. The Morgan fingerprint density at radius 2 is 2.24 bits per heavy atom. The summed E-state index contributed by atoms with van der Waals surface area (Å²) in [4.78, 5) is 0. The van der Waals surface area contributed by atoms with Gasteiger partial charge in [-0.1, -0.05) is 13.8 Å². The van der Waals surface area contributed by atoms with E-state index in [1.807, 2.05) is 0 Å². The number of nitrogens with zero attached hydrogens (tertiary/aromatic N) is 2. The van der Waals surface area contributed by atoms with Crippen LogP contribution in [0.25, 0.3) is 0 Å². The lowest BCUT2D eigenvalue weighted by atomic mass is 9.92. The van der Waals surface area contributed by atoms with Crippen molar-refractivity contribution in [3.8, 4) is 0 Å². The molecule has 1 aromatic heterocycles.